The van der Waals surface area contributed by atoms with E-state index in [2.05, 4.69) is 20.8 Å². The lowest BCUT2D eigenvalue weighted by Gasteiger charge is -2.57. The van der Waals surface area contributed by atoms with Crippen LogP contribution in [0.5, 0.6) is 0 Å². The highest BCUT2D eigenvalue weighted by Crippen LogP contribution is 2.63. The first-order chi connectivity index (χ1) is 10.4. The molecule has 122 valence electrons. The summed E-state index contributed by atoms with van der Waals surface area (Å²) in [6.45, 7) is 7.66. The van der Waals surface area contributed by atoms with Crippen LogP contribution in [0, 0.1) is 23.2 Å². The summed E-state index contributed by atoms with van der Waals surface area (Å²) in [4.78, 5) is 11.9. The second-order valence-electron chi connectivity index (χ2n) is 8.49. The normalized spacial score (nSPS) is 51.0. The molecule has 22 heavy (non-hydrogen) atoms. The average molecular weight is 304 g/mol. The van der Waals surface area contributed by atoms with Gasteiger partial charge in [-0.25, -0.2) is 4.79 Å². The Labute approximate surface area is 133 Å². The van der Waals surface area contributed by atoms with Crippen molar-refractivity contribution in [1.82, 2.24) is 0 Å². The van der Waals surface area contributed by atoms with Gasteiger partial charge in [0.15, 0.2) is 0 Å². The fourth-order valence-electron chi connectivity index (χ4n) is 6.28. The van der Waals surface area contributed by atoms with E-state index in [1.807, 2.05) is 6.08 Å². The highest BCUT2D eigenvalue weighted by molar-refractivity contribution is 5.91. The van der Waals surface area contributed by atoms with Crippen LogP contribution in [0.25, 0.3) is 0 Å². The zero-order valence-corrected chi connectivity index (χ0v) is 14.1. The van der Waals surface area contributed by atoms with Crippen LogP contribution in [0.15, 0.2) is 11.6 Å². The van der Waals surface area contributed by atoms with E-state index in [0.717, 1.165) is 30.3 Å². The van der Waals surface area contributed by atoms with Crippen molar-refractivity contribution in [2.24, 2.45) is 23.2 Å². The fraction of sp³-hybridized carbons (Fsp3) is 0.842. The van der Waals surface area contributed by atoms with Crippen molar-refractivity contribution in [2.45, 2.75) is 71.0 Å². The number of carbonyl (C=O) groups is 1. The Morgan fingerprint density at radius 3 is 2.77 bits per heavy atom. The molecule has 2 aliphatic heterocycles. The number of rotatable bonds is 1. The maximum atomic E-state index is 11.9. The van der Waals surface area contributed by atoms with Crippen molar-refractivity contribution in [1.29, 1.82) is 0 Å². The minimum absolute atomic E-state index is 0.0437. The summed E-state index contributed by atoms with van der Waals surface area (Å²) in [5, 5.41) is 0. The Hall–Kier alpha value is -0.830. The van der Waals surface area contributed by atoms with E-state index >= 15 is 0 Å². The largest absolute Gasteiger partial charge is 0.458 e. The average Bonchev–Trinajstić information content (AvgIpc) is 3.02. The third-order valence-corrected chi connectivity index (χ3v) is 7.36. The van der Waals surface area contributed by atoms with E-state index in [1.165, 1.54) is 25.7 Å². The number of hydrogen-bond acceptors (Lipinski definition) is 3. The topological polar surface area (TPSA) is 35.5 Å². The predicted octanol–water partition coefficient (Wildman–Crippen LogP) is 3.87. The third-order valence-electron chi connectivity index (χ3n) is 7.36. The van der Waals surface area contributed by atoms with Gasteiger partial charge < -0.3 is 9.47 Å². The molecule has 0 radical (unpaired) electrons. The Morgan fingerprint density at radius 1 is 1.23 bits per heavy atom. The van der Waals surface area contributed by atoms with Gasteiger partial charge in [-0.1, -0.05) is 26.7 Å². The number of ether oxygens (including phenoxy) is 2. The van der Waals surface area contributed by atoms with Crippen molar-refractivity contribution < 1.29 is 14.3 Å². The van der Waals surface area contributed by atoms with E-state index in [-0.39, 0.29) is 17.7 Å². The molecule has 0 amide bonds. The van der Waals surface area contributed by atoms with E-state index in [9.17, 15) is 4.79 Å². The van der Waals surface area contributed by atoms with Crippen LogP contribution in [0.1, 0.15) is 59.3 Å². The number of cyclic esters (lactones) is 1. The zero-order valence-electron chi connectivity index (χ0n) is 14.1. The lowest BCUT2D eigenvalue weighted by atomic mass is 9.49. The minimum atomic E-state index is -0.161. The second kappa shape index (κ2) is 4.83. The van der Waals surface area contributed by atoms with Crippen molar-refractivity contribution in [3.63, 3.8) is 0 Å². The number of fused-ring (bicyclic) bond motifs is 3. The van der Waals surface area contributed by atoms with Crippen LogP contribution >= 0.6 is 0 Å². The Bertz CT molecular complexity index is 525. The molecule has 2 heterocycles. The lowest BCUT2D eigenvalue weighted by Crippen LogP contribution is -2.53. The fourth-order valence-corrected chi connectivity index (χ4v) is 6.28. The van der Waals surface area contributed by atoms with Crippen LogP contribution < -0.4 is 0 Å². The van der Waals surface area contributed by atoms with Gasteiger partial charge in [0.25, 0.3) is 0 Å². The molecule has 2 saturated carbocycles. The van der Waals surface area contributed by atoms with E-state index < -0.39 is 0 Å². The number of hydrogen-bond donors (Lipinski definition) is 0. The molecular formula is C19H28O3. The van der Waals surface area contributed by atoms with Gasteiger partial charge in [-0.3, -0.25) is 0 Å². The van der Waals surface area contributed by atoms with Crippen LogP contribution in [0.2, 0.25) is 0 Å². The molecule has 0 bridgehead atoms. The minimum Gasteiger partial charge on any atom is -0.458 e. The molecule has 0 aromatic carbocycles. The van der Waals surface area contributed by atoms with Gasteiger partial charge in [-0.05, 0) is 61.9 Å². The van der Waals surface area contributed by atoms with Crippen LogP contribution in [0.4, 0.5) is 0 Å². The van der Waals surface area contributed by atoms with Crippen molar-refractivity contribution >= 4 is 5.97 Å². The van der Waals surface area contributed by atoms with Crippen molar-refractivity contribution in [3.8, 4) is 0 Å². The van der Waals surface area contributed by atoms with Gasteiger partial charge in [0.05, 0.1) is 17.3 Å². The lowest BCUT2D eigenvalue weighted by molar-refractivity contribution is -0.142. The van der Waals surface area contributed by atoms with Crippen LogP contribution in [-0.4, -0.2) is 24.3 Å². The molecule has 0 aromatic heterocycles. The summed E-state index contributed by atoms with van der Waals surface area (Å²) >= 11 is 0. The molecule has 1 saturated heterocycles. The van der Waals surface area contributed by atoms with Crippen molar-refractivity contribution in [3.05, 3.63) is 11.6 Å². The molecule has 4 aliphatic rings. The zero-order chi connectivity index (χ0) is 15.5. The molecule has 2 aliphatic carbocycles. The molecule has 5 unspecified atom stereocenters. The first kappa shape index (κ1) is 14.7. The number of carbonyl (C=O) groups excluding carboxylic acids is 1. The quantitative estimate of drug-likeness (QED) is 0.690. The smallest absolute Gasteiger partial charge is 0.336 e. The highest BCUT2D eigenvalue weighted by Gasteiger charge is 2.60. The summed E-state index contributed by atoms with van der Waals surface area (Å²) in [5.41, 5.74) is 1.10. The summed E-state index contributed by atoms with van der Waals surface area (Å²) in [6, 6.07) is 0. The van der Waals surface area contributed by atoms with E-state index in [0.29, 0.717) is 17.9 Å². The van der Waals surface area contributed by atoms with E-state index in [1.54, 1.807) is 0 Å². The molecule has 0 aromatic rings. The summed E-state index contributed by atoms with van der Waals surface area (Å²) in [5.74, 6) is 2.07. The monoisotopic (exact) mass is 304 g/mol. The first-order valence-electron chi connectivity index (χ1n) is 8.99. The first-order valence-corrected chi connectivity index (χ1v) is 8.99. The van der Waals surface area contributed by atoms with Gasteiger partial charge in [0, 0.05) is 0 Å². The van der Waals surface area contributed by atoms with E-state index in [4.69, 9.17) is 9.47 Å². The molecular weight excluding hydrogens is 276 g/mol. The van der Waals surface area contributed by atoms with Crippen molar-refractivity contribution in [2.75, 3.05) is 6.61 Å². The Kier molecular flexibility index (Phi) is 3.24. The summed E-state index contributed by atoms with van der Waals surface area (Å²) in [6.07, 6.45) is 9.34. The van der Waals surface area contributed by atoms with Gasteiger partial charge in [0.2, 0.25) is 0 Å². The standard InChI is InChI=1S/C19H28O3/c1-12-5-4-8-18(2)14(12)6-9-19(3)16(18)11-15(22-19)13-7-10-21-17(13)20/h7,12,14-16H,4-6,8-11H2,1-3H3/t12?,14?,15?,16?,18-,19?/m1/s1. The third kappa shape index (κ3) is 1.94. The molecule has 3 fully saturated rings. The second-order valence-corrected chi connectivity index (χ2v) is 8.49. The SMILES string of the molecule is CC1CCC[C@]2(C)C1CCC1(C)OC(C3=CCOC3=O)CC12. The Morgan fingerprint density at radius 2 is 2.05 bits per heavy atom. The van der Waals surface area contributed by atoms with Gasteiger partial charge in [-0.2, -0.15) is 0 Å². The Balaban J connectivity index is 1.64. The van der Waals surface area contributed by atoms with Gasteiger partial charge in [-0.15, -0.1) is 0 Å². The summed E-state index contributed by atoms with van der Waals surface area (Å²) < 4.78 is 11.6. The molecule has 0 spiro atoms. The van der Waals surface area contributed by atoms with Crippen LogP contribution in [-0.2, 0) is 14.3 Å². The molecule has 6 atom stereocenters. The molecule has 4 rings (SSSR count). The molecule has 0 N–H and O–H groups in total. The van der Waals surface area contributed by atoms with Crippen LogP contribution in [0.3, 0.4) is 0 Å². The molecule has 3 nitrogen and oxygen atoms in total. The maximum absolute atomic E-state index is 11.9. The number of esters is 1. The summed E-state index contributed by atoms with van der Waals surface area (Å²) in [7, 11) is 0. The predicted molar refractivity (Wildman–Crippen MR) is 84.3 cm³/mol. The maximum Gasteiger partial charge on any atom is 0.336 e. The highest BCUT2D eigenvalue weighted by atomic mass is 16.5. The van der Waals surface area contributed by atoms with Gasteiger partial charge in [0.1, 0.15) is 6.61 Å². The molecule has 3 heteroatoms. The van der Waals surface area contributed by atoms with Gasteiger partial charge >= 0.3 is 5.97 Å².